The summed E-state index contributed by atoms with van der Waals surface area (Å²) < 4.78 is 5.50. The number of ether oxygens (including phenoxy) is 1. The smallest absolute Gasteiger partial charge is 0.328 e. The Morgan fingerprint density at radius 1 is 1.37 bits per heavy atom. The number of unbranched alkanes of at least 4 members (excludes halogenated alkanes) is 1. The van der Waals surface area contributed by atoms with Crippen LogP contribution in [0.2, 0.25) is 0 Å². The lowest BCUT2D eigenvalue weighted by atomic mass is 10.3. The summed E-state index contributed by atoms with van der Waals surface area (Å²) in [4.78, 5) is 21.7. The highest BCUT2D eigenvalue weighted by Gasteiger charge is 2.01. The minimum Gasteiger partial charge on any atom is -0.494 e. The molecule has 0 saturated carbocycles. The lowest BCUT2D eigenvalue weighted by Gasteiger charge is -2.07. The second-order valence-corrected chi connectivity index (χ2v) is 3.89. The molecule has 1 aromatic carbocycles. The number of carbonyl (C=O) groups is 2. The molecule has 1 aromatic rings. The number of nitrogens with one attached hydrogen (secondary N) is 1. The molecule has 0 unspecified atom stereocenters. The van der Waals surface area contributed by atoms with Crippen molar-refractivity contribution < 1.29 is 19.4 Å². The molecule has 0 spiro atoms. The topological polar surface area (TPSA) is 75.6 Å². The third-order valence-electron chi connectivity index (χ3n) is 2.25. The van der Waals surface area contributed by atoms with E-state index in [1.807, 2.05) is 0 Å². The largest absolute Gasteiger partial charge is 0.494 e. The fourth-order valence-electron chi connectivity index (χ4n) is 1.33. The Bertz CT molecular complexity index is 468. The van der Waals surface area contributed by atoms with Gasteiger partial charge in [0.25, 0.3) is 0 Å². The fraction of sp³-hybridized carbons (Fsp3) is 0.286. The number of carboxylic acid groups (broad SMARTS) is 1. The maximum Gasteiger partial charge on any atom is 0.328 e. The lowest BCUT2D eigenvalue weighted by molar-refractivity contribution is -0.131. The highest BCUT2D eigenvalue weighted by molar-refractivity contribution is 6.02. The Balaban J connectivity index is 2.56. The first kappa shape index (κ1) is 14.8. The Morgan fingerprint density at radius 2 is 2.16 bits per heavy atom. The summed E-state index contributed by atoms with van der Waals surface area (Å²) in [5, 5.41) is 11.0. The van der Waals surface area contributed by atoms with Gasteiger partial charge in [-0.2, -0.15) is 0 Å². The summed E-state index contributed by atoms with van der Waals surface area (Å²) in [6, 6.07) is 6.97. The average Bonchev–Trinajstić information content (AvgIpc) is 2.37. The second-order valence-electron chi connectivity index (χ2n) is 3.89. The van der Waals surface area contributed by atoms with E-state index >= 15 is 0 Å². The number of hydrogen-bond donors (Lipinski definition) is 2. The average molecular weight is 263 g/mol. The van der Waals surface area contributed by atoms with Crippen LogP contribution in [0.4, 0.5) is 5.69 Å². The molecular weight excluding hydrogens is 246 g/mol. The van der Waals surface area contributed by atoms with Crippen LogP contribution in [0, 0.1) is 0 Å². The molecule has 1 rings (SSSR count). The minimum atomic E-state index is -1.16. The predicted molar refractivity (Wildman–Crippen MR) is 72.3 cm³/mol. The summed E-state index contributed by atoms with van der Waals surface area (Å²) in [5.74, 6) is -0.978. The fourth-order valence-corrected chi connectivity index (χ4v) is 1.33. The van der Waals surface area contributed by atoms with Gasteiger partial charge in [-0.15, -0.1) is 0 Å². The molecule has 0 aliphatic heterocycles. The van der Waals surface area contributed by atoms with Crippen molar-refractivity contribution in [1.82, 2.24) is 0 Å². The first-order valence-electron chi connectivity index (χ1n) is 6.06. The van der Waals surface area contributed by atoms with Gasteiger partial charge in [-0.3, -0.25) is 4.79 Å². The molecule has 102 valence electrons. The normalized spacial score (nSPS) is 10.4. The molecule has 0 radical (unpaired) electrons. The van der Waals surface area contributed by atoms with E-state index in [0.717, 1.165) is 25.0 Å². The summed E-state index contributed by atoms with van der Waals surface area (Å²) in [6.07, 6.45) is 3.78. The van der Waals surface area contributed by atoms with Crippen molar-refractivity contribution in [3.8, 4) is 5.75 Å². The van der Waals surface area contributed by atoms with Gasteiger partial charge in [-0.25, -0.2) is 4.79 Å². The highest BCUT2D eigenvalue weighted by atomic mass is 16.5. The van der Waals surface area contributed by atoms with E-state index in [1.54, 1.807) is 24.3 Å². The van der Waals surface area contributed by atoms with Crippen LogP contribution >= 0.6 is 0 Å². The summed E-state index contributed by atoms with van der Waals surface area (Å²) >= 11 is 0. The van der Waals surface area contributed by atoms with Crippen molar-refractivity contribution in [3.05, 3.63) is 36.4 Å². The number of benzene rings is 1. The molecule has 0 saturated heterocycles. The second kappa shape index (κ2) is 7.92. The van der Waals surface area contributed by atoms with Crippen LogP contribution in [0.15, 0.2) is 36.4 Å². The van der Waals surface area contributed by atoms with Gasteiger partial charge in [-0.1, -0.05) is 19.4 Å². The Kier molecular flexibility index (Phi) is 6.15. The van der Waals surface area contributed by atoms with Gasteiger partial charge in [0.2, 0.25) is 5.91 Å². The van der Waals surface area contributed by atoms with E-state index in [9.17, 15) is 9.59 Å². The van der Waals surface area contributed by atoms with Crippen molar-refractivity contribution >= 4 is 17.6 Å². The summed E-state index contributed by atoms with van der Waals surface area (Å²) in [7, 11) is 0. The quantitative estimate of drug-likeness (QED) is 0.585. The van der Waals surface area contributed by atoms with Crippen LogP contribution in [0.5, 0.6) is 5.75 Å². The highest BCUT2D eigenvalue weighted by Crippen LogP contribution is 2.17. The monoisotopic (exact) mass is 263 g/mol. The molecule has 0 aromatic heterocycles. The molecule has 5 heteroatoms. The maximum atomic E-state index is 11.4. The lowest BCUT2D eigenvalue weighted by Crippen LogP contribution is -2.08. The zero-order valence-electron chi connectivity index (χ0n) is 10.8. The number of carbonyl (C=O) groups excluding carboxylic acids is 1. The number of carboxylic acids is 1. The SMILES string of the molecule is CCCCOc1cccc(NC(=O)/C=C\C(=O)O)c1. The zero-order valence-corrected chi connectivity index (χ0v) is 10.8. The zero-order chi connectivity index (χ0) is 14.1. The first-order valence-corrected chi connectivity index (χ1v) is 6.06. The Labute approximate surface area is 111 Å². The Hall–Kier alpha value is -2.30. The molecule has 0 bridgehead atoms. The third kappa shape index (κ3) is 6.26. The number of aliphatic carboxylic acids is 1. The van der Waals surface area contributed by atoms with Crippen molar-refractivity contribution in [1.29, 1.82) is 0 Å². The van der Waals surface area contributed by atoms with E-state index in [2.05, 4.69) is 12.2 Å². The molecule has 0 aliphatic rings. The van der Waals surface area contributed by atoms with E-state index in [-0.39, 0.29) is 0 Å². The van der Waals surface area contributed by atoms with Crippen LogP contribution in [0.25, 0.3) is 0 Å². The molecule has 5 nitrogen and oxygen atoms in total. The van der Waals surface area contributed by atoms with Crippen LogP contribution < -0.4 is 10.1 Å². The van der Waals surface area contributed by atoms with Crippen molar-refractivity contribution in [3.63, 3.8) is 0 Å². The molecule has 0 fully saturated rings. The van der Waals surface area contributed by atoms with Gasteiger partial charge < -0.3 is 15.2 Å². The van der Waals surface area contributed by atoms with Gasteiger partial charge in [0.1, 0.15) is 5.75 Å². The molecule has 1 amide bonds. The van der Waals surface area contributed by atoms with Crippen LogP contribution in [0.1, 0.15) is 19.8 Å². The van der Waals surface area contributed by atoms with E-state index < -0.39 is 11.9 Å². The number of amides is 1. The molecule has 0 heterocycles. The van der Waals surface area contributed by atoms with Crippen molar-refractivity contribution in [2.45, 2.75) is 19.8 Å². The molecule has 2 N–H and O–H groups in total. The van der Waals surface area contributed by atoms with Gasteiger partial charge >= 0.3 is 5.97 Å². The molecule has 0 aliphatic carbocycles. The van der Waals surface area contributed by atoms with Gasteiger partial charge in [-0.05, 0) is 18.6 Å². The summed E-state index contributed by atoms with van der Waals surface area (Å²) in [6.45, 7) is 2.71. The van der Waals surface area contributed by atoms with Crippen molar-refractivity contribution in [2.24, 2.45) is 0 Å². The standard InChI is InChI=1S/C14H17NO4/c1-2-3-9-19-12-6-4-5-11(10-12)15-13(16)7-8-14(17)18/h4-8,10H,2-3,9H2,1H3,(H,15,16)(H,17,18)/b8-7-. The summed E-state index contributed by atoms with van der Waals surface area (Å²) in [5.41, 5.74) is 0.564. The van der Waals surface area contributed by atoms with E-state index in [1.165, 1.54) is 0 Å². The van der Waals surface area contributed by atoms with E-state index in [4.69, 9.17) is 9.84 Å². The first-order chi connectivity index (χ1) is 9.11. The van der Waals surface area contributed by atoms with Crippen LogP contribution in [-0.4, -0.2) is 23.6 Å². The molecule has 19 heavy (non-hydrogen) atoms. The number of rotatable bonds is 7. The number of anilines is 1. The molecular formula is C14H17NO4. The predicted octanol–water partition coefficient (Wildman–Crippen LogP) is 2.44. The van der Waals surface area contributed by atoms with Crippen molar-refractivity contribution in [2.75, 3.05) is 11.9 Å². The molecule has 0 atom stereocenters. The Morgan fingerprint density at radius 3 is 2.84 bits per heavy atom. The van der Waals surface area contributed by atoms with Gasteiger partial charge in [0, 0.05) is 23.9 Å². The maximum absolute atomic E-state index is 11.4. The minimum absolute atomic E-state index is 0.492. The van der Waals surface area contributed by atoms with Gasteiger partial charge in [0.15, 0.2) is 0 Å². The third-order valence-corrected chi connectivity index (χ3v) is 2.25. The number of hydrogen-bond acceptors (Lipinski definition) is 3. The van der Waals surface area contributed by atoms with E-state index in [0.29, 0.717) is 18.0 Å². The van der Waals surface area contributed by atoms with Crippen LogP contribution in [-0.2, 0) is 9.59 Å². The van der Waals surface area contributed by atoms with Gasteiger partial charge in [0.05, 0.1) is 6.61 Å². The van der Waals surface area contributed by atoms with Crippen LogP contribution in [0.3, 0.4) is 0 Å².